The number of aromatic amines is 1. The van der Waals surface area contributed by atoms with E-state index < -0.39 is 0 Å². The number of likely N-dealkylation sites (N-methyl/N-ethyl adjacent to an activating group) is 1. The minimum absolute atomic E-state index is 0.0278. The fourth-order valence-electron chi connectivity index (χ4n) is 3.80. The van der Waals surface area contributed by atoms with Crippen LogP contribution in [0.2, 0.25) is 0 Å². The van der Waals surface area contributed by atoms with Crippen molar-refractivity contribution in [3.05, 3.63) is 41.6 Å². The highest BCUT2D eigenvalue weighted by atomic mass is 16.1. The van der Waals surface area contributed by atoms with Gasteiger partial charge in [-0.1, -0.05) is 18.2 Å². The molecule has 2 heterocycles. The number of hydrogen-bond donors (Lipinski definition) is 2. The van der Waals surface area contributed by atoms with Gasteiger partial charge in [-0.25, -0.2) is 0 Å². The number of carbonyl (C=O) groups excluding carboxylic acids is 1. The van der Waals surface area contributed by atoms with Crippen LogP contribution in [0, 0.1) is 0 Å². The Morgan fingerprint density at radius 2 is 2.29 bits per heavy atom. The van der Waals surface area contributed by atoms with Crippen molar-refractivity contribution < 1.29 is 4.79 Å². The maximum atomic E-state index is 11.4. The molecule has 21 heavy (non-hydrogen) atoms. The van der Waals surface area contributed by atoms with Gasteiger partial charge in [-0.15, -0.1) is 0 Å². The van der Waals surface area contributed by atoms with Gasteiger partial charge in [0.1, 0.15) is 0 Å². The Morgan fingerprint density at radius 3 is 3.10 bits per heavy atom. The smallest absolute Gasteiger partial charge is 0.217 e. The van der Waals surface area contributed by atoms with Crippen LogP contribution in [0.25, 0.3) is 16.5 Å². The highest BCUT2D eigenvalue weighted by Gasteiger charge is 2.33. The van der Waals surface area contributed by atoms with Crippen molar-refractivity contribution in [3.8, 4) is 0 Å². The van der Waals surface area contributed by atoms with Gasteiger partial charge in [0.05, 0.1) is 6.04 Å². The number of nitrogens with one attached hydrogen (secondary N) is 2. The Morgan fingerprint density at radius 1 is 1.43 bits per heavy atom. The molecule has 4 rings (SSSR count). The number of nitrogens with zero attached hydrogens (tertiary/aromatic N) is 1. The van der Waals surface area contributed by atoms with Crippen LogP contribution in [-0.4, -0.2) is 41.5 Å². The highest BCUT2D eigenvalue weighted by Crippen LogP contribution is 2.39. The topological polar surface area (TPSA) is 48.1 Å². The Balaban J connectivity index is 1.87. The summed E-state index contributed by atoms with van der Waals surface area (Å²) >= 11 is 0. The Bertz CT molecular complexity index is 758. The van der Waals surface area contributed by atoms with E-state index in [9.17, 15) is 4.79 Å². The lowest BCUT2D eigenvalue weighted by Gasteiger charge is -2.40. The molecule has 0 saturated carbocycles. The number of benzene rings is 1. The molecule has 1 aliphatic carbocycles. The van der Waals surface area contributed by atoms with Gasteiger partial charge in [0.2, 0.25) is 5.91 Å². The van der Waals surface area contributed by atoms with E-state index in [-0.39, 0.29) is 11.9 Å². The van der Waals surface area contributed by atoms with Gasteiger partial charge < -0.3 is 10.3 Å². The average Bonchev–Trinajstić information content (AvgIpc) is 2.84. The number of rotatable bonds is 1. The number of H-pyrrole nitrogens is 1. The van der Waals surface area contributed by atoms with Crippen LogP contribution in [0.5, 0.6) is 0 Å². The van der Waals surface area contributed by atoms with E-state index in [1.54, 1.807) is 6.92 Å². The molecule has 2 atom stereocenters. The molecule has 0 spiro atoms. The fourth-order valence-corrected chi connectivity index (χ4v) is 3.80. The van der Waals surface area contributed by atoms with Crippen molar-refractivity contribution in [2.24, 2.45) is 0 Å². The fraction of sp³-hybridized carbons (Fsp3) is 0.353. The largest absolute Gasteiger partial charge is 0.361 e. The summed E-state index contributed by atoms with van der Waals surface area (Å²) in [5.41, 5.74) is 5.25. The predicted octanol–water partition coefficient (Wildman–Crippen LogP) is 1.93. The summed E-state index contributed by atoms with van der Waals surface area (Å²) < 4.78 is 0. The Labute approximate surface area is 123 Å². The first kappa shape index (κ1) is 12.7. The first-order chi connectivity index (χ1) is 10.1. The normalized spacial score (nSPS) is 24.6. The first-order valence-electron chi connectivity index (χ1n) is 7.42. The van der Waals surface area contributed by atoms with Crippen molar-refractivity contribution in [1.82, 2.24) is 15.2 Å². The molecular weight excluding hydrogens is 262 g/mol. The first-order valence-corrected chi connectivity index (χ1v) is 7.42. The zero-order valence-electron chi connectivity index (χ0n) is 12.3. The third-order valence-electron chi connectivity index (χ3n) is 4.66. The van der Waals surface area contributed by atoms with E-state index in [1.807, 2.05) is 0 Å². The van der Waals surface area contributed by atoms with Crippen LogP contribution in [0.3, 0.4) is 0 Å². The zero-order chi connectivity index (χ0) is 14.6. The molecule has 1 aliphatic heterocycles. The summed E-state index contributed by atoms with van der Waals surface area (Å²) in [6.45, 7) is 2.44. The predicted molar refractivity (Wildman–Crippen MR) is 84.0 cm³/mol. The van der Waals surface area contributed by atoms with Crippen molar-refractivity contribution in [1.29, 1.82) is 0 Å². The van der Waals surface area contributed by atoms with Crippen molar-refractivity contribution >= 4 is 22.4 Å². The zero-order valence-corrected chi connectivity index (χ0v) is 12.3. The second-order valence-corrected chi connectivity index (χ2v) is 6.13. The molecule has 2 aromatic rings. The molecule has 2 aliphatic rings. The molecule has 0 saturated heterocycles. The molecule has 1 amide bonds. The van der Waals surface area contributed by atoms with Gasteiger partial charge in [-0.2, -0.15) is 0 Å². The third-order valence-corrected chi connectivity index (χ3v) is 4.66. The van der Waals surface area contributed by atoms with Gasteiger partial charge in [-0.3, -0.25) is 9.69 Å². The van der Waals surface area contributed by atoms with E-state index >= 15 is 0 Å². The molecule has 4 nitrogen and oxygen atoms in total. The lowest BCUT2D eigenvalue weighted by Crippen LogP contribution is -2.49. The molecule has 1 aromatic heterocycles. The summed E-state index contributed by atoms with van der Waals surface area (Å²) in [5, 5.41) is 4.37. The molecule has 0 radical (unpaired) electrons. The Kier molecular flexibility index (Phi) is 2.69. The van der Waals surface area contributed by atoms with E-state index in [2.05, 4.69) is 52.7 Å². The summed E-state index contributed by atoms with van der Waals surface area (Å²) in [7, 11) is 2.14. The lowest BCUT2D eigenvalue weighted by molar-refractivity contribution is -0.119. The van der Waals surface area contributed by atoms with Gasteiger partial charge in [0, 0.05) is 36.6 Å². The summed E-state index contributed by atoms with van der Waals surface area (Å²) in [5.74, 6) is 0.0278. The lowest BCUT2D eigenvalue weighted by atomic mass is 9.81. The van der Waals surface area contributed by atoms with Crippen LogP contribution in [0.4, 0.5) is 0 Å². The number of amides is 1. The number of fused-ring (bicyclic) bond motifs is 2. The maximum absolute atomic E-state index is 11.4. The minimum atomic E-state index is 0.0278. The summed E-state index contributed by atoms with van der Waals surface area (Å²) in [6, 6.07) is 6.92. The molecule has 4 heteroatoms. The van der Waals surface area contributed by atoms with E-state index in [0.29, 0.717) is 6.04 Å². The van der Waals surface area contributed by atoms with Crippen molar-refractivity contribution in [2.45, 2.75) is 25.4 Å². The second kappa shape index (κ2) is 4.46. The Hall–Kier alpha value is -2.07. The third kappa shape index (κ3) is 1.90. The van der Waals surface area contributed by atoms with Gasteiger partial charge >= 0.3 is 0 Å². The van der Waals surface area contributed by atoms with Gasteiger partial charge in [0.15, 0.2) is 0 Å². The number of hydrogen-bond acceptors (Lipinski definition) is 2. The molecule has 0 fully saturated rings. The van der Waals surface area contributed by atoms with Crippen LogP contribution >= 0.6 is 0 Å². The highest BCUT2D eigenvalue weighted by molar-refractivity contribution is 5.98. The summed E-state index contributed by atoms with van der Waals surface area (Å²) in [4.78, 5) is 17.1. The standard InChI is InChI=1S/C17H19N3O/c1-10(21)19-12-7-14-13-4-3-5-15-17(13)11(8-18-15)6-16(14)20(2)9-12/h3-5,7-8,12,16,18H,6,9H2,1-2H3,(H,19,21)/t12-,16+/m0/s1. The molecule has 0 bridgehead atoms. The molecular formula is C17H19N3O. The minimum Gasteiger partial charge on any atom is -0.361 e. The van der Waals surface area contributed by atoms with Crippen LogP contribution in [0.1, 0.15) is 18.1 Å². The quantitative estimate of drug-likeness (QED) is 0.839. The van der Waals surface area contributed by atoms with Crippen LogP contribution in [-0.2, 0) is 11.2 Å². The van der Waals surface area contributed by atoms with Gasteiger partial charge in [-0.05, 0) is 36.2 Å². The summed E-state index contributed by atoms with van der Waals surface area (Å²) in [6.07, 6.45) is 5.42. The second-order valence-electron chi connectivity index (χ2n) is 6.13. The van der Waals surface area contributed by atoms with E-state index in [0.717, 1.165) is 13.0 Å². The van der Waals surface area contributed by atoms with Crippen molar-refractivity contribution in [2.75, 3.05) is 13.6 Å². The maximum Gasteiger partial charge on any atom is 0.217 e. The molecule has 2 N–H and O–H groups in total. The van der Waals surface area contributed by atoms with Gasteiger partial charge in [0.25, 0.3) is 0 Å². The average molecular weight is 281 g/mol. The molecule has 0 unspecified atom stereocenters. The van der Waals surface area contributed by atoms with Crippen molar-refractivity contribution in [3.63, 3.8) is 0 Å². The van der Waals surface area contributed by atoms with Crippen LogP contribution < -0.4 is 5.32 Å². The molecule has 1 aromatic carbocycles. The number of carbonyl (C=O) groups is 1. The monoisotopic (exact) mass is 281 g/mol. The molecule has 108 valence electrons. The van der Waals surface area contributed by atoms with E-state index in [1.165, 1.54) is 27.6 Å². The van der Waals surface area contributed by atoms with E-state index in [4.69, 9.17) is 0 Å². The SMILES string of the molecule is CC(=O)N[C@H]1C=C2c3cccc4[nH]cc(c34)C[C@H]2N(C)C1. The number of aromatic nitrogens is 1. The van der Waals surface area contributed by atoms with Crippen LogP contribution in [0.15, 0.2) is 30.5 Å².